The molecular weight excluding hydrogens is 248 g/mol. The van der Waals surface area contributed by atoms with Gasteiger partial charge >= 0.3 is 0 Å². The molecule has 4 N–H and O–H groups in total. The lowest BCUT2D eigenvalue weighted by atomic mass is 9.84. The van der Waals surface area contributed by atoms with Gasteiger partial charge in [-0.1, -0.05) is 25.1 Å². The van der Waals surface area contributed by atoms with Crippen LogP contribution < -0.4 is 11.1 Å². The lowest BCUT2D eigenvalue weighted by molar-refractivity contribution is -0.128. The molecule has 0 aromatic carbocycles. The minimum atomic E-state index is -0.646. The topological polar surface area (TPSA) is 83.8 Å². The number of carbonyl (C=O) groups is 1. The zero-order valence-corrected chi connectivity index (χ0v) is 11.2. The number of hydrogen-bond donors (Lipinski definition) is 3. The van der Waals surface area contributed by atoms with Crippen LogP contribution >= 0.6 is 12.2 Å². The first-order valence-corrected chi connectivity index (χ1v) is 6.56. The molecule has 1 aliphatic carbocycles. The van der Waals surface area contributed by atoms with Gasteiger partial charge in [0.25, 0.3) is 0 Å². The number of nitrogens with two attached hydrogens (primary N) is 1. The molecule has 0 radical (unpaired) electrons. The first-order chi connectivity index (χ1) is 8.56. The number of nitrogens with zero attached hydrogens (tertiary/aromatic N) is 1. The molecule has 1 heterocycles. The molecule has 0 spiro atoms. The first kappa shape index (κ1) is 13.0. The van der Waals surface area contributed by atoms with Crippen LogP contribution in [-0.2, 0) is 4.79 Å². The Hall–Kier alpha value is -1.43. The van der Waals surface area contributed by atoms with Gasteiger partial charge in [-0.2, -0.15) is 5.10 Å². The summed E-state index contributed by atoms with van der Waals surface area (Å²) in [5.74, 6) is -0.0544. The highest BCUT2D eigenvalue weighted by Crippen LogP contribution is 2.39. The van der Waals surface area contributed by atoms with E-state index in [4.69, 9.17) is 18.0 Å². The lowest BCUT2D eigenvalue weighted by Gasteiger charge is -2.28. The molecule has 98 valence electrons. The molecule has 1 amide bonds. The normalized spacial score (nSPS) is 19.4. The van der Waals surface area contributed by atoms with Gasteiger partial charge in [0, 0.05) is 11.8 Å². The maximum absolute atomic E-state index is 12.4. The van der Waals surface area contributed by atoms with Crippen LogP contribution in [0.3, 0.4) is 0 Å². The monoisotopic (exact) mass is 266 g/mol. The van der Waals surface area contributed by atoms with Crippen molar-refractivity contribution in [3.05, 3.63) is 18.0 Å². The summed E-state index contributed by atoms with van der Waals surface area (Å²) in [5, 5.41) is 9.59. The summed E-state index contributed by atoms with van der Waals surface area (Å²) in [5.41, 5.74) is 6.08. The Labute approximate surface area is 112 Å². The number of thiocarbonyl (C=S) groups is 1. The van der Waals surface area contributed by atoms with Gasteiger partial charge < -0.3 is 11.1 Å². The van der Waals surface area contributed by atoms with Gasteiger partial charge in [0.2, 0.25) is 5.91 Å². The van der Waals surface area contributed by atoms with Crippen LogP contribution in [0.4, 0.5) is 0 Å². The van der Waals surface area contributed by atoms with E-state index in [9.17, 15) is 4.79 Å². The van der Waals surface area contributed by atoms with E-state index in [-0.39, 0.29) is 11.9 Å². The van der Waals surface area contributed by atoms with Gasteiger partial charge in [0.1, 0.15) is 0 Å². The second kappa shape index (κ2) is 5.06. The summed E-state index contributed by atoms with van der Waals surface area (Å²) >= 11 is 5.10. The number of aromatic amines is 1. The van der Waals surface area contributed by atoms with Gasteiger partial charge in [0.05, 0.1) is 22.6 Å². The van der Waals surface area contributed by atoms with Gasteiger partial charge in [-0.15, -0.1) is 0 Å². The number of hydrogen-bond acceptors (Lipinski definition) is 3. The molecule has 1 aromatic heterocycles. The quantitative estimate of drug-likeness (QED) is 0.720. The van der Waals surface area contributed by atoms with Crippen LogP contribution in [-0.4, -0.2) is 21.1 Å². The molecule has 0 bridgehead atoms. The average Bonchev–Trinajstić information content (AvgIpc) is 3.01. The summed E-state index contributed by atoms with van der Waals surface area (Å²) < 4.78 is 0. The molecule has 1 saturated carbocycles. The summed E-state index contributed by atoms with van der Waals surface area (Å²) in [6, 6.07) is -0.0944. The molecule has 6 heteroatoms. The summed E-state index contributed by atoms with van der Waals surface area (Å²) in [4.78, 5) is 12.7. The molecule has 1 aliphatic rings. The number of aromatic nitrogens is 2. The Bertz CT molecular complexity index is 437. The first-order valence-electron chi connectivity index (χ1n) is 6.16. The summed E-state index contributed by atoms with van der Waals surface area (Å²) in [7, 11) is 0. The van der Waals surface area contributed by atoms with E-state index in [1.54, 1.807) is 12.4 Å². The number of nitrogens with one attached hydrogen (secondary N) is 2. The Morgan fingerprint density at radius 2 is 2.28 bits per heavy atom. The van der Waals surface area contributed by atoms with Crippen molar-refractivity contribution in [3.63, 3.8) is 0 Å². The highest BCUT2D eigenvalue weighted by Gasteiger charge is 2.44. The van der Waals surface area contributed by atoms with Crippen LogP contribution in [0, 0.1) is 5.41 Å². The Morgan fingerprint density at radius 1 is 1.61 bits per heavy atom. The zero-order valence-electron chi connectivity index (χ0n) is 10.4. The Morgan fingerprint density at radius 3 is 2.78 bits per heavy atom. The number of carbonyl (C=O) groups excluding carboxylic acids is 1. The third-order valence-corrected chi connectivity index (χ3v) is 4.12. The highest BCUT2D eigenvalue weighted by molar-refractivity contribution is 7.80. The average molecular weight is 266 g/mol. The molecule has 2 rings (SSSR count). The van der Waals surface area contributed by atoms with Gasteiger partial charge in [-0.05, 0) is 19.8 Å². The van der Waals surface area contributed by atoms with E-state index < -0.39 is 5.41 Å². The van der Waals surface area contributed by atoms with Crippen LogP contribution in [0.2, 0.25) is 0 Å². The summed E-state index contributed by atoms with van der Waals surface area (Å²) in [6.45, 7) is 1.92. The number of amides is 1. The lowest BCUT2D eigenvalue weighted by Crippen LogP contribution is -2.47. The fourth-order valence-corrected chi connectivity index (χ4v) is 2.78. The smallest absolute Gasteiger partial charge is 0.233 e. The van der Waals surface area contributed by atoms with Crippen LogP contribution in [0.1, 0.15) is 44.2 Å². The minimum Gasteiger partial charge on any atom is -0.392 e. The van der Waals surface area contributed by atoms with Crippen molar-refractivity contribution < 1.29 is 4.79 Å². The highest BCUT2D eigenvalue weighted by atomic mass is 32.1. The third-order valence-electron chi connectivity index (χ3n) is 3.73. The van der Waals surface area contributed by atoms with Gasteiger partial charge in [-0.3, -0.25) is 9.89 Å². The maximum atomic E-state index is 12.4. The second-order valence-electron chi connectivity index (χ2n) is 4.88. The molecule has 5 nitrogen and oxygen atoms in total. The number of H-pyrrole nitrogens is 1. The largest absolute Gasteiger partial charge is 0.392 e. The Kier molecular flexibility index (Phi) is 3.65. The van der Waals surface area contributed by atoms with Crippen molar-refractivity contribution in [3.8, 4) is 0 Å². The van der Waals surface area contributed by atoms with E-state index in [0.29, 0.717) is 4.99 Å². The van der Waals surface area contributed by atoms with Crippen molar-refractivity contribution in [2.75, 3.05) is 0 Å². The molecular formula is C12H18N4OS. The molecule has 1 unspecified atom stereocenters. The third kappa shape index (κ3) is 2.25. The fourth-order valence-electron chi connectivity index (χ4n) is 2.48. The standard InChI is InChI=1S/C12H18N4OS/c1-8(9-6-14-15-7-9)16-11(17)12(10(13)18)4-2-3-5-12/h6-8H,2-5H2,1H3,(H2,13,18)(H,14,15)(H,16,17). The molecule has 0 aliphatic heterocycles. The number of rotatable bonds is 4. The molecule has 1 fully saturated rings. The molecule has 1 aromatic rings. The van der Waals surface area contributed by atoms with Crippen molar-refractivity contribution >= 4 is 23.1 Å². The van der Waals surface area contributed by atoms with Gasteiger partial charge in [0.15, 0.2) is 0 Å². The zero-order chi connectivity index (χ0) is 13.2. The van der Waals surface area contributed by atoms with Crippen LogP contribution in [0.25, 0.3) is 0 Å². The van der Waals surface area contributed by atoms with Gasteiger partial charge in [-0.25, -0.2) is 0 Å². The SMILES string of the molecule is CC(NC(=O)C1(C(N)=S)CCCC1)c1cn[nH]c1. The van der Waals surface area contributed by atoms with E-state index in [1.165, 1.54) is 0 Å². The van der Waals surface area contributed by atoms with Crippen LogP contribution in [0.5, 0.6) is 0 Å². The van der Waals surface area contributed by atoms with E-state index >= 15 is 0 Å². The van der Waals surface area contributed by atoms with Crippen molar-refractivity contribution in [1.29, 1.82) is 0 Å². The second-order valence-corrected chi connectivity index (χ2v) is 5.32. The molecule has 18 heavy (non-hydrogen) atoms. The van der Waals surface area contributed by atoms with E-state index in [2.05, 4.69) is 15.5 Å². The van der Waals surface area contributed by atoms with Crippen LogP contribution in [0.15, 0.2) is 12.4 Å². The van der Waals surface area contributed by atoms with Crippen molar-refractivity contribution in [2.45, 2.75) is 38.6 Å². The van der Waals surface area contributed by atoms with Crippen molar-refractivity contribution in [2.24, 2.45) is 11.1 Å². The molecule has 1 atom stereocenters. The van der Waals surface area contributed by atoms with Crippen molar-refractivity contribution in [1.82, 2.24) is 15.5 Å². The molecule has 0 saturated heterocycles. The summed E-state index contributed by atoms with van der Waals surface area (Å²) in [6.07, 6.45) is 6.99. The predicted octanol–water partition coefficient (Wildman–Crippen LogP) is 1.43. The Balaban J connectivity index is 2.09. The maximum Gasteiger partial charge on any atom is 0.233 e. The van der Waals surface area contributed by atoms with E-state index in [1.807, 2.05) is 6.92 Å². The van der Waals surface area contributed by atoms with E-state index in [0.717, 1.165) is 31.2 Å². The predicted molar refractivity (Wildman–Crippen MR) is 72.8 cm³/mol. The fraction of sp³-hybridized carbons (Fsp3) is 0.583. The minimum absolute atomic E-state index is 0.0544.